The number of carbonyl (C=O) groups excluding carboxylic acids is 2. The molecule has 2 amide bonds. The van der Waals surface area contributed by atoms with E-state index in [-0.39, 0.29) is 10.5 Å². The van der Waals surface area contributed by atoms with Gasteiger partial charge in [0.2, 0.25) is 10.0 Å². The van der Waals surface area contributed by atoms with Crippen molar-refractivity contribution in [3.63, 3.8) is 0 Å². The van der Waals surface area contributed by atoms with E-state index >= 15 is 0 Å². The maximum Gasteiger partial charge on any atom is 0.269 e. The molecule has 2 N–H and O–H groups in total. The summed E-state index contributed by atoms with van der Waals surface area (Å²) in [6.07, 6.45) is 2.67. The predicted molar refractivity (Wildman–Crippen MR) is 124 cm³/mol. The van der Waals surface area contributed by atoms with Crippen LogP contribution in [0.15, 0.2) is 47.4 Å². The number of carbonyl (C=O) groups is 2. The number of hydrogen-bond acceptors (Lipinski definition) is 5. The Labute approximate surface area is 192 Å². The highest BCUT2D eigenvalue weighted by atomic mass is 32.2. The maximum absolute atomic E-state index is 12.9. The van der Waals surface area contributed by atoms with Crippen molar-refractivity contribution in [1.82, 2.24) is 24.7 Å². The van der Waals surface area contributed by atoms with Crippen LogP contribution in [0.3, 0.4) is 0 Å². The lowest BCUT2D eigenvalue weighted by molar-refractivity contribution is 0.0846. The van der Waals surface area contributed by atoms with Crippen molar-refractivity contribution >= 4 is 32.9 Å². The van der Waals surface area contributed by atoms with E-state index in [9.17, 15) is 18.0 Å². The summed E-state index contributed by atoms with van der Waals surface area (Å²) in [5, 5.41) is 0. The zero-order valence-electron chi connectivity index (χ0n) is 18.7. The number of amides is 2. The Morgan fingerprint density at radius 3 is 2.30 bits per heavy atom. The van der Waals surface area contributed by atoms with Crippen LogP contribution in [-0.4, -0.2) is 47.2 Å². The van der Waals surface area contributed by atoms with Crippen molar-refractivity contribution in [2.45, 2.75) is 44.6 Å². The zero-order valence-corrected chi connectivity index (χ0v) is 19.5. The van der Waals surface area contributed by atoms with Crippen LogP contribution in [0.2, 0.25) is 0 Å². The van der Waals surface area contributed by atoms with Gasteiger partial charge in [0, 0.05) is 30.8 Å². The maximum atomic E-state index is 12.9. The van der Waals surface area contributed by atoms with Crippen molar-refractivity contribution < 1.29 is 18.0 Å². The fourth-order valence-electron chi connectivity index (χ4n) is 4.10. The second kappa shape index (κ2) is 9.32. The van der Waals surface area contributed by atoms with E-state index in [2.05, 4.69) is 15.8 Å². The lowest BCUT2D eigenvalue weighted by Gasteiger charge is -2.26. The fraction of sp³-hybridized carbons (Fsp3) is 0.348. The molecule has 2 heterocycles. The number of hydrogen-bond donors (Lipinski definition) is 2. The number of nitrogens with zero attached hydrogens (tertiary/aromatic N) is 3. The molecule has 33 heavy (non-hydrogen) atoms. The number of hydrazine groups is 1. The van der Waals surface area contributed by atoms with Crippen LogP contribution in [-0.2, 0) is 16.6 Å². The van der Waals surface area contributed by atoms with Gasteiger partial charge in [-0.1, -0.05) is 12.5 Å². The number of sulfonamides is 1. The van der Waals surface area contributed by atoms with Crippen LogP contribution in [0, 0.1) is 6.92 Å². The summed E-state index contributed by atoms with van der Waals surface area (Å²) in [4.78, 5) is 29.7. The number of imidazole rings is 1. The average Bonchev–Trinajstić information content (AvgIpc) is 3.16. The number of nitrogens with one attached hydrogen (secondary N) is 2. The van der Waals surface area contributed by atoms with E-state index in [0.717, 1.165) is 37.1 Å². The van der Waals surface area contributed by atoms with Gasteiger partial charge in [0.15, 0.2) is 0 Å². The third kappa shape index (κ3) is 4.62. The molecule has 0 aliphatic carbocycles. The van der Waals surface area contributed by atoms with Gasteiger partial charge in [0.1, 0.15) is 5.82 Å². The first kappa shape index (κ1) is 22.9. The molecule has 4 rings (SSSR count). The Morgan fingerprint density at radius 1 is 0.970 bits per heavy atom. The smallest absolute Gasteiger partial charge is 0.269 e. The van der Waals surface area contributed by atoms with Crippen molar-refractivity contribution in [2.24, 2.45) is 0 Å². The molecule has 0 radical (unpaired) electrons. The first-order valence-corrected chi connectivity index (χ1v) is 12.4. The summed E-state index contributed by atoms with van der Waals surface area (Å²) < 4.78 is 29.3. The number of fused-ring (bicyclic) bond motifs is 1. The first-order valence-electron chi connectivity index (χ1n) is 11.0. The molecule has 2 aromatic carbocycles. The van der Waals surface area contributed by atoms with Gasteiger partial charge in [-0.05, 0) is 63.1 Å². The van der Waals surface area contributed by atoms with Gasteiger partial charge in [0.05, 0.1) is 15.9 Å². The SMILES string of the molecule is CCn1c(C)nc2cc(C(=O)NNC(=O)c3cccc(S(=O)(=O)N4CCCCC4)c3)ccc21. The third-order valence-corrected chi connectivity index (χ3v) is 7.75. The van der Waals surface area contributed by atoms with Crippen LogP contribution < -0.4 is 10.9 Å². The molecule has 9 nitrogen and oxygen atoms in total. The Balaban J connectivity index is 1.45. The lowest BCUT2D eigenvalue weighted by atomic mass is 10.2. The summed E-state index contributed by atoms with van der Waals surface area (Å²) >= 11 is 0. The highest BCUT2D eigenvalue weighted by molar-refractivity contribution is 7.89. The van der Waals surface area contributed by atoms with Gasteiger partial charge >= 0.3 is 0 Å². The quantitative estimate of drug-likeness (QED) is 0.558. The Kier molecular flexibility index (Phi) is 6.48. The molecule has 0 spiro atoms. The summed E-state index contributed by atoms with van der Waals surface area (Å²) in [6, 6.07) is 11.0. The van der Waals surface area contributed by atoms with E-state index < -0.39 is 21.8 Å². The predicted octanol–water partition coefficient (Wildman–Crippen LogP) is 2.61. The summed E-state index contributed by atoms with van der Waals surface area (Å²) in [6.45, 7) is 5.67. The number of rotatable bonds is 5. The molecule has 1 saturated heterocycles. The molecule has 10 heteroatoms. The van der Waals surface area contributed by atoms with Crippen LogP contribution in [0.4, 0.5) is 0 Å². The van der Waals surface area contributed by atoms with Crippen molar-refractivity contribution in [2.75, 3.05) is 13.1 Å². The molecule has 1 aliphatic heterocycles. The van der Waals surface area contributed by atoms with E-state index in [1.807, 2.05) is 24.5 Å². The normalized spacial score (nSPS) is 14.8. The minimum absolute atomic E-state index is 0.0655. The van der Waals surface area contributed by atoms with Crippen LogP contribution >= 0.6 is 0 Å². The zero-order chi connectivity index (χ0) is 23.6. The molecule has 0 bridgehead atoms. The van der Waals surface area contributed by atoms with Crippen molar-refractivity contribution in [3.05, 3.63) is 59.4 Å². The molecule has 174 valence electrons. The molecular weight excluding hydrogens is 442 g/mol. The molecule has 1 fully saturated rings. The van der Waals surface area contributed by atoms with Crippen LogP contribution in [0.1, 0.15) is 52.7 Å². The van der Waals surface area contributed by atoms with Gasteiger partial charge in [0.25, 0.3) is 11.8 Å². The van der Waals surface area contributed by atoms with Gasteiger partial charge in [-0.25, -0.2) is 13.4 Å². The summed E-state index contributed by atoms with van der Waals surface area (Å²) in [5.74, 6) is -0.241. The number of benzene rings is 2. The number of aryl methyl sites for hydroxylation is 2. The van der Waals surface area contributed by atoms with Gasteiger partial charge in [-0.15, -0.1) is 0 Å². The summed E-state index contributed by atoms with van der Waals surface area (Å²) in [5.41, 5.74) is 6.87. The van der Waals surface area contributed by atoms with E-state index in [1.165, 1.54) is 28.6 Å². The second-order valence-electron chi connectivity index (χ2n) is 8.01. The lowest BCUT2D eigenvalue weighted by Crippen LogP contribution is -2.41. The molecule has 0 saturated carbocycles. The monoisotopic (exact) mass is 469 g/mol. The molecule has 1 aliphatic rings. The van der Waals surface area contributed by atoms with Crippen molar-refractivity contribution in [1.29, 1.82) is 0 Å². The van der Waals surface area contributed by atoms with Gasteiger partial charge in [-0.2, -0.15) is 4.31 Å². The Bertz CT molecular complexity index is 1310. The number of piperidine rings is 1. The number of aromatic nitrogens is 2. The van der Waals surface area contributed by atoms with E-state index in [4.69, 9.17) is 0 Å². The Morgan fingerprint density at radius 2 is 1.64 bits per heavy atom. The largest absolute Gasteiger partial charge is 0.329 e. The van der Waals surface area contributed by atoms with Gasteiger partial charge in [-0.3, -0.25) is 20.4 Å². The molecule has 1 aromatic heterocycles. The second-order valence-corrected chi connectivity index (χ2v) is 9.95. The molecule has 3 aromatic rings. The van der Waals surface area contributed by atoms with E-state index in [1.54, 1.807) is 12.1 Å². The molecular formula is C23H27N5O4S. The molecule has 0 atom stereocenters. The van der Waals surface area contributed by atoms with Crippen molar-refractivity contribution in [3.8, 4) is 0 Å². The van der Waals surface area contributed by atoms with Gasteiger partial charge < -0.3 is 4.57 Å². The minimum atomic E-state index is -3.66. The molecule has 0 unspecified atom stereocenters. The standard InChI is InChI=1S/C23H27N5O4S/c1-3-28-16(2)24-20-15-18(10-11-21(20)28)23(30)26-25-22(29)17-8-7-9-19(14-17)33(31,32)27-12-5-4-6-13-27/h7-11,14-15H,3-6,12-13H2,1-2H3,(H,25,29)(H,26,30). The fourth-order valence-corrected chi connectivity index (χ4v) is 5.66. The minimum Gasteiger partial charge on any atom is -0.329 e. The third-order valence-electron chi connectivity index (χ3n) is 5.86. The first-order chi connectivity index (χ1) is 15.8. The highest BCUT2D eigenvalue weighted by Gasteiger charge is 2.26. The highest BCUT2D eigenvalue weighted by Crippen LogP contribution is 2.21. The Hall–Kier alpha value is -3.24. The topological polar surface area (TPSA) is 113 Å². The average molecular weight is 470 g/mol. The van der Waals surface area contributed by atoms with Crippen LogP contribution in [0.25, 0.3) is 11.0 Å². The van der Waals surface area contributed by atoms with E-state index in [0.29, 0.717) is 24.2 Å². The van der Waals surface area contributed by atoms with Crippen LogP contribution in [0.5, 0.6) is 0 Å². The summed E-state index contributed by atoms with van der Waals surface area (Å²) in [7, 11) is -3.66.